The highest BCUT2D eigenvalue weighted by molar-refractivity contribution is 5.95. The average Bonchev–Trinajstić information content (AvgIpc) is 2.68. The summed E-state index contributed by atoms with van der Waals surface area (Å²) in [5, 5.41) is 6.85. The Hall–Kier alpha value is -1.57. The summed E-state index contributed by atoms with van der Waals surface area (Å²) >= 11 is 0. The second-order valence-corrected chi connectivity index (χ2v) is 4.48. The van der Waals surface area contributed by atoms with Gasteiger partial charge in [0.1, 0.15) is 6.54 Å². The predicted molar refractivity (Wildman–Crippen MR) is 61.8 cm³/mol. The van der Waals surface area contributed by atoms with Crippen LogP contribution in [0.25, 0.3) is 0 Å². The number of carbonyl (C=O) groups is 1. The molecular weight excluding hydrogens is 261 g/mol. The third-order valence-corrected chi connectivity index (χ3v) is 2.92. The van der Waals surface area contributed by atoms with Gasteiger partial charge < -0.3 is 10.2 Å². The van der Waals surface area contributed by atoms with Crippen LogP contribution in [0.5, 0.6) is 0 Å². The number of amides is 1. The molecule has 2 rings (SSSR count). The standard InChI is InChI=1S/C11H15F3N4O/c1-8-9(6-18(16-8)7-11(12,13)14)10(19)17-4-2-15-3-5-17/h6,15H,2-5,7H2,1H3. The Morgan fingerprint density at radius 1 is 1.42 bits per heavy atom. The Morgan fingerprint density at radius 3 is 2.63 bits per heavy atom. The molecule has 1 amide bonds. The molecule has 0 atom stereocenters. The molecule has 5 nitrogen and oxygen atoms in total. The van der Waals surface area contributed by atoms with Gasteiger partial charge in [-0.2, -0.15) is 18.3 Å². The van der Waals surface area contributed by atoms with Crippen molar-refractivity contribution in [3.8, 4) is 0 Å². The first kappa shape index (κ1) is 13.9. The third kappa shape index (κ3) is 3.46. The Balaban J connectivity index is 2.13. The number of nitrogens with zero attached hydrogens (tertiary/aromatic N) is 3. The van der Waals surface area contributed by atoms with Gasteiger partial charge in [0.15, 0.2) is 0 Å². The Labute approximate surface area is 108 Å². The summed E-state index contributed by atoms with van der Waals surface area (Å²) in [5.41, 5.74) is 0.568. The first-order valence-corrected chi connectivity index (χ1v) is 5.97. The monoisotopic (exact) mass is 276 g/mol. The zero-order valence-corrected chi connectivity index (χ0v) is 10.5. The molecule has 19 heavy (non-hydrogen) atoms. The second-order valence-electron chi connectivity index (χ2n) is 4.48. The lowest BCUT2D eigenvalue weighted by atomic mass is 10.2. The van der Waals surface area contributed by atoms with Crippen molar-refractivity contribution in [1.29, 1.82) is 0 Å². The zero-order valence-electron chi connectivity index (χ0n) is 10.5. The highest BCUT2D eigenvalue weighted by Crippen LogP contribution is 2.18. The molecule has 1 saturated heterocycles. The van der Waals surface area contributed by atoms with Crippen molar-refractivity contribution in [1.82, 2.24) is 20.0 Å². The maximum atomic E-state index is 12.3. The summed E-state index contributed by atoms with van der Waals surface area (Å²) in [7, 11) is 0. The van der Waals surface area contributed by atoms with Gasteiger partial charge in [-0.25, -0.2) is 0 Å². The van der Waals surface area contributed by atoms with Crippen molar-refractivity contribution in [2.45, 2.75) is 19.6 Å². The maximum Gasteiger partial charge on any atom is 0.408 e. The van der Waals surface area contributed by atoms with Crippen LogP contribution in [0.3, 0.4) is 0 Å². The van der Waals surface area contributed by atoms with Crippen molar-refractivity contribution in [2.75, 3.05) is 26.2 Å². The average molecular weight is 276 g/mol. The lowest BCUT2D eigenvalue weighted by Crippen LogP contribution is -2.46. The third-order valence-electron chi connectivity index (χ3n) is 2.92. The molecule has 0 unspecified atom stereocenters. The van der Waals surface area contributed by atoms with Crippen LogP contribution >= 0.6 is 0 Å². The van der Waals surface area contributed by atoms with E-state index in [0.717, 1.165) is 4.68 Å². The van der Waals surface area contributed by atoms with E-state index in [4.69, 9.17) is 0 Å². The highest BCUT2D eigenvalue weighted by Gasteiger charge is 2.30. The fourth-order valence-corrected chi connectivity index (χ4v) is 2.03. The minimum absolute atomic E-state index is 0.242. The number of aryl methyl sites for hydroxylation is 1. The SMILES string of the molecule is Cc1nn(CC(F)(F)F)cc1C(=O)N1CCNCC1. The molecule has 0 radical (unpaired) electrons. The van der Waals surface area contributed by atoms with Gasteiger partial charge in [0, 0.05) is 32.4 Å². The van der Waals surface area contributed by atoms with E-state index in [9.17, 15) is 18.0 Å². The van der Waals surface area contributed by atoms with Crippen LogP contribution in [0.2, 0.25) is 0 Å². The summed E-state index contributed by atoms with van der Waals surface area (Å²) in [6.45, 7) is 2.87. The summed E-state index contributed by atoms with van der Waals surface area (Å²) in [5.74, 6) is -0.257. The summed E-state index contributed by atoms with van der Waals surface area (Å²) in [6, 6.07) is 0. The van der Waals surface area contributed by atoms with Crippen LogP contribution in [-0.2, 0) is 6.54 Å². The van der Waals surface area contributed by atoms with Gasteiger partial charge in [0.05, 0.1) is 11.3 Å². The molecule has 1 fully saturated rings. The molecule has 0 aliphatic carbocycles. The first-order valence-electron chi connectivity index (χ1n) is 5.97. The van der Waals surface area contributed by atoms with Gasteiger partial charge in [-0.1, -0.05) is 0 Å². The van der Waals surface area contributed by atoms with Crippen molar-refractivity contribution in [3.05, 3.63) is 17.5 Å². The molecule has 0 aromatic carbocycles. The number of hydrogen-bond donors (Lipinski definition) is 1. The Bertz CT molecular complexity index is 463. The van der Waals surface area contributed by atoms with Crippen LogP contribution in [0, 0.1) is 6.92 Å². The molecule has 0 bridgehead atoms. The molecule has 0 spiro atoms. The topological polar surface area (TPSA) is 50.2 Å². The number of aromatic nitrogens is 2. The summed E-state index contributed by atoms with van der Waals surface area (Å²) in [6.07, 6.45) is -3.17. The smallest absolute Gasteiger partial charge is 0.336 e. The number of piperazine rings is 1. The van der Waals surface area contributed by atoms with Crippen molar-refractivity contribution in [3.63, 3.8) is 0 Å². The Kier molecular flexibility index (Phi) is 3.79. The predicted octanol–water partition coefficient (Wildman–Crippen LogP) is 0.799. The number of nitrogens with one attached hydrogen (secondary N) is 1. The molecule has 8 heteroatoms. The molecule has 2 heterocycles. The van der Waals surface area contributed by atoms with Crippen molar-refractivity contribution < 1.29 is 18.0 Å². The van der Waals surface area contributed by atoms with Crippen LogP contribution in [0.1, 0.15) is 16.1 Å². The normalized spacial score (nSPS) is 16.7. The summed E-state index contributed by atoms with van der Waals surface area (Å²) < 4.78 is 37.6. The Morgan fingerprint density at radius 2 is 2.05 bits per heavy atom. The molecule has 1 N–H and O–H groups in total. The largest absolute Gasteiger partial charge is 0.408 e. The van der Waals surface area contributed by atoms with Crippen LogP contribution in [-0.4, -0.2) is 52.9 Å². The van der Waals surface area contributed by atoms with Crippen LogP contribution < -0.4 is 5.32 Å². The van der Waals surface area contributed by atoms with Crippen LogP contribution in [0.4, 0.5) is 13.2 Å². The second kappa shape index (κ2) is 5.20. The van der Waals surface area contributed by atoms with Gasteiger partial charge >= 0.3 is 6.18 Å². The molecule has 1 aliphatic heterocycles. The van der Waals surface area contributed by atoms with E-state index in [1.165, 1.54) is 6.20 Å². The maximum absolute atomic E-state index is 12.3. The quantitative estimate of drug-likeness (QED) is 0.869. The number of halogens is 3. The van der Waals surface area contributed by atoms with E-state index in [2.05, 4.69) is 10.4 Å². The van der Waals surface area contributed by atoms with Gasteiger partial charge in [0.2, 0.25) is 0 Å². The molecule has 1 aromatic heterocycles. The molecular formula is C11H15F3N4O. The van der Waals surface area contributed by atoms with Crippen LogP contribution in [0.15, 0.2) is 6.20 Å². The lowest BCUT2D eigenvalue weighted by molar-refractivity contribution is -0.142. The number of rotatable bonds is 2. The van der Waals surface area contributed by atoms with E-state index < -0.39 is 12.7 Å². The number of alkyl halides is 3. The van der Waals surface area contributed by atoms with Gasteiger partial charge in [-0.15, -0.1) is 0 Å². The van der Waals surface area contributed by atoms with Crippen molar-refractivity contribution in [2.24, 2.45) is 0 Å². The molecule has 1 aliphatic rings. The van der Waals surface area contributed by atoms with Gasteiger partial charge in [0.25, 0.3) is 5.91 Å². The minimum Gasteiger partial charge on any atom is -0.336 e. The number of carbonyl (C=O) groups excluding carboxylic acids is 1. The van der Waals surface area contributed by atoms with E-state index in [1.807, 2.05) is 0 Å². The number of hydrogen-bond acceptors (Lipinski definition) is 3. The van der Waals surface area contributed by atoms with Gasteiger partial charge in [-0.3, -0.25) is 9.48 Å². The van der Waals surface area contributed by atoms with E-state index in [-0.39, 0.29) is 11.5 Å². The fourth-order valence-electron chi connectivity index (χ4n) is 2.03. The van der Waals surface area contributed by atoms with Gasteiger partial charge in [-0.05, 0) is 6.92 Å². The van der Waals surface area contributed by atoms with E-state index >= 15 is 0 Å². The van der Waals surface area contributed by atoms with Crippen molar-refractivity contribution >= 4 is 5.91 Å². The van der Waals surface area contributed by atoms with E-state index in [0.29, 0.717) is 31.9 Å². The fraction of sp³-hybridized carbons (Fsp3) is 0.636. The van der Waals surface area contributed by atoms with E-state index in [1.54, 1.807) is 11.8 Å². The molecule has 106 valence electrons. The first-order chi connectivity index (χ1) is 8.87. The molecule has 0 saturated carbocycles. The molecule has 1 aromatic rings. The summed E-state index contributed by atoms with van der Waals surface area (Å²) in [4.78, 5) is 13.8. The highest BCUT2D eigenvalue weighted by atomic mass is 19.4. The minimum atomic E-state index is -4.34. The lowest BCUT2D eigenvalue weighted by Gasteiger charge is -2.27. The zero-order chi connectivity index (χ0) is 14.0.